The molecule has 638 valence electrons. The van der Waals surface area contributed by atoms with E-state index in [1.165, 1.54) is 7.11 Å². The lowest BCUT2D eigenvalue weighted by Crippen LogP contribution is -2.40. The van der Waals surface area contributed by atoms with E-state index in [1.807, 2.05) is 97.1 Å². The first kappa shape index (κ1) is 87.8. The van der Waals surface area contributed by atoms with Crippen molar-refractivity contribution in [3.8, 4) is 34.5 Å². The van der Waals surface area contributed by atoms with Crippen molar-refractivity contribution < 1.29 is 135 Å². The lowest BCUT2D eigenvalue weighted by atomic mass is 9.85. The van der Waals surface area contributed by atoms with E-state index in [0.29, 0.717) is 122 Å². The lowest BCUT2D eigenvalue weighted by Gasteiger charge is -2.33. The molecular formula is C92H102O28. The fraction of sp³-hybridized carbons (Fsp3) is 0.457. The predicted octanol–water partition coefficient (Wildman–Crippen LogP) is 11.6. The van der Waals surface area contributed by atoms with Crippen LogP contribution in [-0.4, -0.2) is 197 Å². The van der Waals surface area contributed by atoms with Gasteiger partial charge >= 0.3 is 47.8 Å². The van der Waals surface area contributed by atoms with Crippen LogP contribution in [0.15, 0.2) is 146 Å². The standard InChI is InChI=1S/C92H102O28/c1-107-77-19-11-15-62-26-30-65(43-69(62)77)118-80-32-22-57(39-74(80)96)51-112-88(103)53-115-91(105)70(44-85(100)109-37-9-3-4-20-84(99)110-48-55-23-33-81(75(97)40-55)119-78-35-27-59-12-5-7-17-66(59)72(78)47-94)71(92(106)116-54-89(104)113-50-56-21-31-79(73(95)38-56)117-64-29-25-61-14-10-16-63(46-93)68(61)42-64)45-86(101)114-52-87(102)111-49-58-24-34-82(76(98)41-58)120-83-36-28-60-13-6-8-18-67(60)90(83)108-2/h5-8,10-19,25-30,35-36,42-43,46-47,55-58,70-71,73-76,79-82,95-98H,3-4,9,20-24,31-34,37-41,44-45,48-54H2,1-2H3. The van der Waals surface area contributed by atoms with Crippen molar-refractivity contribution in [1.82, 2.24) is 0 Å². The molecule has 120 heavy (non-hydrogen) atoms. The number of ether oxygens (including phenoxy) is 14. The van der Waals surface area contributed by atoms with Gasteiger partial charge in [0.05, 0.1) is 102 Å². The molecule has 0 heterocycles. The van der Waals surface area contributed by atoms with Gasteiger partial charge in [-0.25, -0.2) is 14.4 Å². The van der Waals surface area contributed by atoms with Crippen LogP contribution in [0.25, 0.3) is 43.1 Å². The summed E-state index contributed by atoms with van der Waals surface area (Å²) in [5.41, 5.74) is 0.861. The minimum absolute atomic E-state index is 0.00132. The van der Waals surface area contributed by atoms with Gasteiger partial charge < -0.3 is 86.7 Å². The van der Waals surface area contributed by atoms with Crippen molar-refractivity contribution >= 4 is 103 Å². The summed E-state index contributed by atoms with van der Waals surface area (Å²) in [4.78, 5) is 134. The van der Waals surface area contributed by atoms with E-state index in [4.69, 9.17) is 66.3 Å². The van der Waals surface area contributed by atoms with Crippen LogP contribution >= 0.6 is 0 Å². The van der Waals surface area contributed by atoms with Crippen LogP contribution in [0.5, 0.6) is 34.5 Å². The molecule has 8 aromatic rings. The molecule has 0 saturated heterocycles. The van der Waals surface area contributed by atoms with E-state index < -0.39 is 141 Å². The number of unbranched alkanes of at least 4 members (excludes halogenated alkanes) is 2. The number of hydrogen-bond acceptors (Lipinski definition) is 28. The number of aldehydes is 2. The number of hydrogen-bond donors (Lipinski definition) is 4. The molecule has 0 aliphatic heterocycles. The van der Waals surface area contributed by atoms with Gasteiger partial charge in [-0.2, -0.15) is 0 Å². The molecule has 0 spiro atoms. The van der Waals surface area contributed by atoms with Crippen LogP contribution in [0.3, 0.4) is 0 Å². The molecule has 12 rings (SSSR count). The molecule has 4 N–H and O–H groups in total. The summed E-state index contributed by atoms with van der Waals surface area (Å²) >= 11 is 0. The first-order chi connectivity index (χ1) is 58.2. The normalized spacial score (nSPS) is 22.1. The number of aliphatic hydroxyl groups is 4. The summed E-state index contributed by atoms with van der Waals surface area (Å²) in [5, 5.41) is 51.5. The Balaban J connectivity index is 0.660. The molecule has 0 aromatic heterocycles. The topological polar surface area (TPSA) is 381 Å². The summed E-state index contributed by atoms with van der Waals surface area (Å²) in [6, 6.07) is 44.0. The van der Waals surface area contributed by atoms with Gasteiger partial charge in [-0.05, 0) is 195 Å². The Labute approximate surface area is 693 Å². The lowest BCUT2D eigenvalue weighted by molar-refractivity contribution is -0.174. The Morgan fingerprint density at radius 3 is 1.30 bits per heavy atom. The maximum Gasteiger partial charge on any atom is 0.344 e. The number of rotatable bonds is 39. The fourth-order valence-electron chi connectivity index (χ4n) is 16.2. The molecule has 0 radical (unpaired) electrons. The highest BCUT2D eigenvalue weighted by molar-refractivity contribution is 6.01. The highest BCUT2D eigenvalue weighted by atomic mass is 16.6. The minimum Gasteiger partial charge on any atom is -0.496 e. The maximum absolute atomic E-state index is 14.5. The Kier molecular flexibility index (Phi) is 31.5. The van der Waals surface area contributed by atoms with Crippen LogP contribution < -0.4 is 28.4 Å². The zero-order valence-corrected chi connectivity index (χ0v) is 67.1. The van der Waals surface area contributed by atoms with Gasteiger partial charge in [0.15, 0.2) is 43.9 Å². The average molecular weight is 1660 g/mol. The van der Waals surface area contributed by atoms with E-state index in [-0.39, 0.29) is 88.8 Å². The number of aliphatic hydroxyl groups excluding tert-OH is 4. The Morgan fingerprint density at radius 2 is 0.792 bits per heavy atom. The molecule has 28 nitrogen and oxygen atoms in total. The van der Waals surface area contributed by atoms with Crippen molar-refractivity contribution in [2.45, 2.75) is 164 Å². The quantitative estimate of drug-likeness (QED) is 0.0120. The van der Waals surface area contributed by atoms with Crippen molar-refractivity contribution in [2.24, 2.45) is 35.5 Å². The SMILES string of the molecule is COc1cccc2ccc(OC3CCC(COC(=O)COC(=O)C(CC(=O)OCCCCCC(=O)OCC4CCC(Oc5ccc6ccccc6c5C=O)C(O)C4)C(CC(=O)OCC(=O)OCC4CCC(Oc5ccc6ccccc6c5OC)C(O)C4)C(=O)OCC(=O)OCC4CCC(Oc5ccc6cccc(C=O)c6c5)C(O)C4)CC3O)cc12. The second kappa shape index (κ2) is 43.0. The molecule has 4 aliphatic carbocycles. The Morgan fingerprint density at radius 1 is 0.367 bits per heavy atom. The number of carbonyl (C=O) groups excluding carboxylic acids is 10. The summed E-state index contributed by atoms with van der Waals surface area (Å²) in [7, 11) is 3.10. The summed E-state index contributed by atoms with van der Waals surface area (Å²) in [6.07, 6.45) is -1.74. The van der Waals surface area contributed by atoms with Gasteiger partial charge in [-0.15, -0.1) is 0 Å². The van der Waals surface area contributed by atoms with Gasteiger partial charge in [0.2, 0.25) is 0 Å². The minimum atomic E-state index is -2.05. The smallest absolute Gasteiger partial charge is 0.344 e. The average Bonchev–Trinajstić information content (AvgIpc) is 0.809. The summed E-state index contributed by atoms with van der Waals surface area (Å²) < 4.78 is 80.0. The monoisotopic (exact) mass is 1650 g/mol. The van der Waals surface area contributed by atoms with Crippen molar-refractivity contribution in [1.29, 1.82) is 0 Å². The molecule has 28 heteroatoms. The summed E-state index contributed by atoms with van der Waals surface area (Å²) in [5.74, 6) is -11.2. The second-order valence-corrected chi connectivity index (χ2v) is 31.2. The third kappa shape index (κ3) is 24.0. The molecule has 0 amide bonds. The predicted molar refractivity (Wildman–Crippen MR) is 433 cm³/mol. The zero-order valence-electron chi connectivity index (χ0n) is 67.1. The molecule has 8 aromatic carbocycles. The summed E-state index contributed by atoms with van der Waals surface area (Å²) in [6.45, 7) is -4.00. The van der Waals surface area contributed by atoms with Crippen LogP contribution in [0.1, 0.15) is 136 Å². The zero-order chi connectivity index (χ0) is 84.6. The van der Waals surface area contributed by atoms with Crippen LogP contribution in [0.2, 0.25) is 0 Å². The van der Waals surface area contributed by atoms with E-state index in [1.54, 1.807) is 55.6 Å². The van der Waals surface area contributed by atoms with Crippen molar-refractivity contribution in [3.63, 3.8) is 0 Å². The molecule has 0 bridgehead atoms. The highest BCUT2D eigenvalue weighted by Gasteiger charge is 2.42. The van der Waals surface area contributed by atoms with Crippen LogP contribution in [0, 0.1) is 35.5 Å². The van der Waals surface area contributed by atoms with E-state index in [0.717, 1.165) is 50.3 Å². The number of methoxy groups -OCH3 is 2. The van der Waals surface area contributed by atoms with Gasteiger partial charge in [-0.1, -0.05) is 103 Å². The van der Waals surface area contributed by atoms with E-state index in [2.05, 4.69) is 0 Å². The maximum atomic E-state index is 14.5. The van der Waals surface area contributed by atoms with Crippen LogP contribution in [0.4, 0.5) is 0 Å². The third-order valence-corrected chi connectivity index (χ3v) is 22.8. The fourth-order valence-corrected chi connectivity index (χ4v) is 16.2. The highest BCUT2D eigenvalue weighted by Crippen LogP contribution is 2.41. The number of carbonyl (C=O) groups is 10. The van der Waals surface area contributed by atoms with Gasteiger partial charge in [0.25, 0.3) is 0 Å². The Bertz CT molecular complexity index is 4910. The number of esters is 8. The molecule has 14 atom stereocenters. The first-order valence-corrected chi connectivity index (χ1v) is 40.9. The molecule has 4 saturated carbocycles. The van der Waals surface area contributed by atoms with E-state index in [9.17, 15) is 68.4 Å². The molecule has 14 unspecified atom stereocenters. The molecular weight excluding hydrogens is 1550 g/mol. The first-order valence-electron chi connectivity index (χ1n) is 40.9. The molecule has 4 fully saturated rings. The second-order valence-electron chi connectivity index (χ2n) is 31.2. The van der Waals surface area contributed by atoms with Gasteiger partial charge in [0.1, 0.15) is 47.4 Å². The third-order valence-electron chi connectivity index (χ3n) is 22.8. The van der Waals surface area contributed by atoms with Crippen molar-refractivity contribution in [3.05, 3.63) is 157 Å². The largest absolute Gasteiger partial charge is 0.496 e. The number of benzene rings is 8. The number of fused-ring (bicyclic) bond motifs is 4. The van der Waals surface area contributed by atoms with Crippen molar-refractivity contribution in [2.75, 3.05) is 67.1 Å². The van der Waals surface area contributed by atoms with E-state index >= 15 is 0 Å². The Hall–Kier alpha value is -11.5. The van der Waals surface area contributed by atoms with Crippen LogP contribution in [-0.2, 0) is 76.3 Å². The molecule has 4 aliphatic rings. The van der Waals surface area contributed by atoms with Gasteiger partial charge in [0, 0.05) is 22.8 Å². The van der Waals surface area contributed by atoms with Gasteiger partial charge in [-0.3, -0.25) is 33.6 Å².